The van der Waals surface area contributed by atoms with Crippen molar-refractivity contribution in [2.45, 2.75) is 40.8 Å². The fourth-order valence-electron chi connectivity index (χ4n) is 2.96. The number of nitrogens with zero attached hydrogens (tertiary/aromatic N) is 4. The molecule has 156 valence electrons. The van der Waals surface area contributed by atoms with Crippen molar-refractivity contribution >= 4 is 39.3 Å². The molecule has 3 aromatic heterocycles. The van der Waals surface area contributed by atoms with Gasteiger partial charge in [-0.3, -0.25) is 0 Å². The van der Waals surface area contributed by atoms with Gasteiger partial charge in [-0.1, -0.05) is 13.8 Å². The molecule has 0 aliphatic rings. The molecule has 0 N–H and O–H groups in total. The van der Waals surface area contributed by atoms with Crippen LogP contribution in [0.15, 0.2) is 32.0 Å². The van der Waals surface area contributed by atoms with Crippen LogP contribution in [0.5, 0.6) is 0 Å². The highest BCUT2D eigenvalue weighted by Gasteiger charge is 2.17. The zero-order valence-corrected chi connectivity index (χ0v) is 19.5. The zero-order valence-electron chi connectivity index (χ0n) is 17.1. The Bertz CT molecular complexity index is 1130. The third-order valence-electron chi connectivity index (χ3n) is 4.38. The van der Waals surface area contributed by atoms with E-state index in [4.69, 9.17) is 9.15 Å². The van der Waals surface area contributed by atoms with Crippen LogP contribution in [0.3, 0.4) is 0 Å². The van der Waals surface area contributed by atoms with E-state index in [0.29, 0.717) is 11.8 Å². The molecular weight excluding hydrogens is 468 g/mol. The first-order chi connectivity index (χ1) is 14.3. The van der Waals surface area contributed by atoms with Gasteiger partial charge in [-0.05, 0) is 65.5 Å². The maximum absolute atomic E-state index is 12.4. The number of hydrogen-bond acceptors (Lipinski definition) is 7. The molecule has 9 heteroatoms. The van der Waals surface area contributed by atoms with E-state index in [1.165, 1.54) is 11.3 Å². The molecule has 0 aliphatic heterocycles. The number of thiophene rings is 1. The molecule has 0 bridgehead atoms. The Morgan fingerprint density at radius 2 is 2.17 bits per heavy atom. The minimum Gasteiger partial charge on any atom is -0.451 e. The van der Waals surface area contributed by atoms with Crippen LogP contribution >= 0.6 is 27.3 Å². The van der Waals surface area contributed by atoms with Gasteiger partial charge in [-0.15, -0.1) is 21.5 Å². The van der Waals surface area contributed by atoms with Gasteiger partial charge in [-0.2, -0.15) is 5.26 Å². The van der Waals surface area contributed by atoms with Crippen molar-refractivity contribution in [2.75, 3.05) is 0 Å². The van der Waals surface area contributed by atoms with Crippen LogP contribution in [0.1, 0.15) is 36.7 Å². The molecule has 0 atom stereocenters. The van der Waals surface area contributed by atoms with Crippen molar-refractivity contribution in [3.63, 3.8) is 0 Å². The first kappa shape index (κ1) is 22.0. The van der Waals surface area contributed by atoms with Gasteiger partial charge in [-0.25, -0.2) is 4.79 Å². The Hall–Kier alpha value is -2.70. The summed E-state index contributed by atoms with van der Waals surface area (Å²) in [5, 5.41) is 17.3. The van der Waals surface area contributed by atoms with Gasteiger partial charge in [0.05, 0.1) is 8.66 Å². The molecule has 0 radical (unpaired) electrons. The van der Waals surface area contributed by atoms with Crippen LogP contribution < -0.4 is 0 Å². The van der Waals surface area contributed by atoms with E-state index >= 15 is 0 Å². The second kappa shape index (κ2) is 9.41. The molecule has 0 aliphatic carbocycles. The first-order valence-corrected chi connectivity index (χ1v) is 10.9. The second-order valence-electron chi connectivity index (χ2n) is 7.18. The summed E-state index contributed by atoms with van der Waals surface area (Å²) in [6.45, 7) is 8.95. The van der Waals surface area contributed by atoms with Crippen LogP contribution in [0, 0.1) is 31.1 Å². The van der Waals surface area contributed by atoms with Gasteiger partial charge in [0.25, 0.3) is 11.8 Å². The highest BCUT2D eigenvalue weighted by Crippen LogP contribution is 2.30. The number of hydrogen-bond donors (Lipinski definition) is 0. The number of ether oxygens (including phenoxy) is 1. The van der Waals surface area contributed by atoms with E-state index in [1.807, 2.05) is 38.1 Å². The number of halogens is 1. The summed E-state index contributed by atoms with van der Waals surface area (Å²) >= 11 is 4.84. The summed E-state index contributed by atoms with van der Waals surface area (Å²) < 4.78 is 13.9. The molecule has 0 spiro atoms. The van der Waals surface area contributed by atoms with Crippen LogP contribution in [0.2, 0.25) is 0 Å². The number of rotatable bonds is 7. The number of carbonyl (C=O) groups excluding carboxylic acids is 1. The van der Waals surface area contributed by atoms with Crippen molar-refractivity contribution in [1.82, 2.24) is 14.8 Å². The van der Waals surface area contributed by atoms with Gasteiger partial charge >= 0.3 is 5.97 Å². The molecule has 3 heterocycles. The quantitative estimate of drug-likeness (QED) is 0.255. The minimum absolute atomic E-state index is 0.0817. The molecule has 7 nitrogen and oxygen atoms in total. The molecule has 0 amide bonds. The maximum Gasteiger partial charge on any atom is 0.349 e. The molecule has 3 rings (SSSR count). The predicted molar refractivity (Wildman–Crippen MR) is 117 cm³/mol. The molecule has 0 saturated heterocycles. The Morgan fingerprint density at radius 1 is 1.40 bits per heavy atom. The lowest BCUT2D eigenvalue weighted by molar-refractivity contribution is -0.140. The van der Waals surface area contributed by atoms with E-state index in [2.05, 4.69) is 44.5 Å². The highest BCUT2D eigenvalue weighted by molar-refractivity contribution is 9.11. The smallest absolute Gasteiger partial charge is 0.349 e. The molecular formula is C21H21BrN4O3S. The molecule has 30 heavy (non-hydrogen) atoms. The summed E-state index contributed by atoms with van der Waals surface area (Å²) in [6.07, 6.45) is 1.56. The fourth-order valence-corrected chi connectivity index (χ4v) is 4.27. The Balaban J connectivity index is 1.70. The number of aryl methyl sites for hydroxylation is 1. The van der Waals surface area contributed by atoms with E-state index in [9.17, 15) is 10.1 Å². The zero-order chi connectivity index (χ0) is 21.8. The average molecular weight is 489 g/mol. The summed E-state index contributed by atoms with van der Waals surface area (Å²) in [7, 11) is 0. The minimum atomic E-state index is -0.732. The monoisotopic (exact) mass is 488 g/mol. The van der Waals surface area contributed by atoms with Crippen LogP contribution in [0.4, 0.5) is 0 Å². The van der Waals surface area contributed by atoms with Crippen LogP contribution in [-0.4, -0.2) is 20.7 Å². The van der Waals surface area contributed by atoms with Gasteiger partial charge in [0.15, 0.2) is 6.61 Å². The normalized spacial score (nSPS) is 11.7. The Kier molecular flexibility index (Phi) is 6.90. The van der Waals surface area contributed by atoms with Gasteiger partial charge in [0.1, 0.15) is 11.6 Å². The van der Waals surface area contributed by atoms with E-state index in [1.54, 1.807) is 6.08 Å². The lowest BCUT2D eigenvalue weighted by atomic mass is 10.1. The van der Waals surface area contributed by atoms with E-state index in [0.717, 1.165) is 32.2 Å². The Labute approximate surface area is 187 Å². The van der Waals surface area contributed by atoms with Crippen molar-refractivity contribution in [3.8, 4) is 16.8 Å². The SMILES string of the molecule is Cc1cc(C=C(C#N)C(=O)OCc2nnc(-c3ccc(Br)s3)o2)c(C)n1CC(C)C. The lowest BCUT2D eigenvalue weighted by Gasteiger charge is -2.12. The topological polar surface area (TPSA) is 93.9 Å². The molecule has 0 fully saturated rings. The second-order valence-corrected chi connectivity index (χ2v) is 9.64. The summed E-state index contributed by atoms with van der Waals surface area (Å²) in [6, 6.07) is 7.62. The standard InChI is InChI=1S/C21H21BrN4O3S/c1-12(2)10-26-13(3)7-15(14(26)4)8-16(9-23)21(27)28-11-19-24-25-20(29-19)17-5-6-18(22)30-17/h5-8,12H,10-11H2,1-4H3. The van der Waals surface area contributed by atoms with Crippen molar-refractivity contribution in [3.05, 3.63) is 50.4 Å². The Morgan fingerprint density at radius 3 is 2.80 bits per heavy atom. The molecule has 3 aromatic rings. The third-order valence-corrected chi connectivity index (χ3v) is 5.99. The summed E-state index contributed by atoms with van der Waals surface area (Å²) in [5.41, 5.74) is 2.83. The summed E-state index contributed by atoms with van der Waals surface area (Å²) in [5.74, 6) is 0.270. The maximum atomic E-state index is 12.4. The first-order valence-electron chi connectivity index (χ1n) is 9.32. The van der Waals surface area contributed by atoms with Gasteiger partial charge in [0.2, 0.25) is 0 Å². The predicted octanol–water partition coefficient (Wildman–Crippen LogP) is 5.29. The summed E-state index contributed by atoms with van der Waals surface area (Å²) in [4.78, 5) is 13.2. The van der Waals surface area contributed by atoms with Crippen molar-refractivity contribution in [2.24, 2.45) is 5.92 Å². The largest absolute Gasteiger partial charge is 0.451 e. The van der Waals surface area contributed by atoms with E-state index < -0.39 is 5.97 Å². The molecule has 0 unspecified atom stereocenters. The van der Waals surface area contributed by atoms with Crippen molar-refractivity contribution < 1.29 is 13.9 Å². The number of nitriles is 1. The average Bonchev–Trinajstić information content (AvgIpc) is 3.40. The highest BCUT2D eigenvalue weighted by atomic mass is 79.9. The van der Waals surface area contributed by atoms with Crippen molar-refractivity contribution in [1.29, 1.82) is 5.26 Å². The number of esters is 1. The van der Waals surface area contributed by atoms with E-state index in [-0.39, 0.29) is 18.1 Å². The van der Waals surface area contributed by atoms with Gasteiger partial charge < -0.3 is 13.7 Å². The third kappa shape index (κ3) is 5.07. The number of carbonyl (C=O) groups is 1. The fraction of sp³-hybridized carbons (Fsp3) is 0.333. The molecule has 0 aromatic carbocycles. The van der Waals surface area contributed by atoms with Crippen LogP contribution in [0.25, 0.3) is 16.8 Å². The molecule has 0 saturated carbocycles. The van der Waals surface area contributed by atoms with Gasteiger partial charge in [0, 0.05) is 17.9 Å². The lowest BCUT2D eigenvalue weighted by Crippen LogP contribution is -2.08. The van der Waals surface area contributed by atoms with Crippen LogP contribution in [-0.2, 0) is 22.7 Å². The number of aromatic nitrogens is 3.